The second-order valence-corrected chi connectivity index (χ2v) is 4.86. The number of hydrazine groups is 1. The van der Waals surface area contributed by atoms with Gasteiger partial charge in [0.25, 0.3) is 0 Å². The molecule has 0 aromatic carbocycles. The molecular formula is C13H28F3N3. The van der Waals surface area contributed by atoms with Crippen LogP contribution in [0.2, 0.25) is 0 Å². The topological polar surface area (TPSA) is 41.3 Å². The van der Waals surface area contributed by atoms with Crippen molar-refractivity contribution in [1.29, 1.82) is 0 Å². The Morgan fingerprint density at radius 3 is 1.79 bits per heavy atom. The highest BCUT2D eigenvalue weighted by atomic mass is 19.4. The largest absolute Gasteiger partial charge is 0.389 e. The van der Waals surface area contributed by atoms with E-state index in [2.05, 4.69) is 10.3 Å². The molecule has 0 amide bonds. The van der Waals surface area contributed by atoms with Gasteiger partial charge in [-0.3, -0.25) is 16.2 Å². The predicted octanol–water partition coefficient (Wildman–Crippen LogP) is 3.06. The van der Waals surface area contributed by atoms with E-state index in [0.29, 0.717) is 0 Å². The molecule has 0 radical (unpaired) electrons. The van der Waals surface area contributed by atoms with Crippen molar-refractivity contribution in [3.63, 3.8) is 0 Å². The van der Waals surface area contributed by atoms with E-state index >= 15 is 0 Å². The van der Waals surface area contributed by atoms with Crippen LogP contribution in [0.3, 0.4) is 0 Å². The molecule has 0 rings (SSSR count). The van der Waals surface area contributed by atoms with E-state index in [1.807, 2.05) is 27.7 Å². The molecule has 3 nitrogen and oxygen atoms in total. The number of nitrogens with two attached hydrogens (primary N) is 1. The maximum absolute atomic E-state index is 12.4. The summed E-state index contributed by atoms with van der Waals surface area (Å²) in [5.41, 5.74) is 2.31. The van der Waals surface area contributed by atoms with Crippen molar-refractivity contribution >= 4 is 0 Å². The summed E-state index contributed by atoms with van der Waals surface area (Å²) in [4.78, 5) is 2.22. The zero-order chi connectivity index (χ0) is 15.1. The number of hydrogen-bond acceptors (Lipinski definition) is 3. The standard InChI is InChI=1S/C13H28F3N3/c1-5-12(6-2,19(7-3)8-4)11(18-17)9-10-13(14,15)16/h11,18H,5-10,17H2,1-4H3. The van der Waals surface area contributed by atoms with Crippen LogP contribution in [0.4, 0.5) is 13.2 Å². The summed E-state index contributed by atoms with van der Waals surface area (Å²) in [7, 11) is 0. The number of halogens is 3. The summed E-state index contributed by atoms with van der Waals surface area (Å²) in [6, 6.07) is -0.357. The first-order valence-corrected chi connectivity index (χ1v) is 7.09. The lowest BCUT2D eigenvalue weighted by Gasteiger charge is -2.48. The van der Waals surface area contributed by atoms with Gasteiger partial charge in [0.2, 0.25) is 0 Å². The fourth-order valence-electron chi connectivity index (χ4n) is 3.08. The average Bonchev–Trinajstić information content (AvgIpc) is 2.36. The summed E-state index contributed by atoms with van der Waals surface area (Å²) < 4.78 is 37.3. The van der Waals surface area contributed by atoms with E-state index in [4.69, 9.17) is 5.84 Å². The molecule has 0 aliphatic heterocycles. The van der Waals surface area contributed by atoms with Gasteiger partial charge < -0.3 is 0 Å². The smallest absolute Gasteiger partial charge is 0.297 e. The molecule has 0 spiro atoms. The first-order valence-electron chi connectivity index (χ1n) is 7.09. The average molecular weight is 283 g/mol. The van der Waals surface area contributed by atoms with Crippen LogP contribution < -0.4 is 11.3 Å². The quantitative estimate of drug-likeness (QED) is 0.505. The Kier molecular flexibility index (Phi) is 7.93. The van der Waals surface area contributed by atoms with Crippen LogP contribution in [0.5, 0.6) is 0 Å². The van der Waals surface area contributed by atoms with E-state index in [9.17, 15) is 13.2 Å². The number of nitrogens with zero attached hydrogens (tertiary/aromatic N) is 1. The van der Waals surface area contributed by atoms with E-state index < -0.39 is 12.6 Å². The van der Waals surface area contributed by atoms with Gasteiger partial charge >= 0.3 is 6.18 Å². The zero-order valence-electron chi connectivity index (χ0n) is 12.5. The van der Waals surface area contributed by atoms with Gasteiger partial charge in [-0.1, -0.05) is 27.7 Å². The maximum atomic E-state index is 12.4. The van der Waals surface area contributed by atoms with Crippen molar-refractivity contribution < 1.29 is 13.2 Å². The van der Waals surface area contributed by atoms with E-state index in [-0.39, 0.29) is 18.0 Å². The molecule has 1 atom stereocenters. The van der Waals surface area contributed by atoms with Crippen LogP contribution in [0.15, 0.2) is 0 Å². The lowest BCUT2D eigenvalue weighted by molar-refractivity contribution is -0.139. The molecule has 0 aromatic rings. The molecule has 0 heterocycles. The highest BCUT2D eigenvalue weighted by molar-refractivity contribution is 4.98. The SMILES string of the molecule is CCN(CC)C(CC)(CC)C(CCC(F)(F)F)NN. The molecular weight excluding hydrogens is 255 g/mol. The third kappa shape index (κ3) is 4.93. The van der Waals surface area contributed by atoms with Crippen LogP contribution in [-0.4, -0.2) is 35.7 Å². The molecule has 0 saturated carbocycles. The molecule has 0 aliphatic rings. The predicted molar refractivity (Wildman–Crippen MR) is 72.6 cm³/mol. The van der Waals surface area contributed by atoms with Crippen LogP contribution in [-0.2, 0) is 0 Å². The number of likely N-dealkylation sites (N-methyl/N-ethyl adjacent to an activating group) is 1. The molecule has 0 aliphatic carbocycles. The van der Waals surface area contributed by atoms with Crippen molar-refractivity contribution in [3.05, 3.63) is 0 Å². The Morgan fingerprint density at radius 2 is 1.53 bits per heavy atom. The van der Waals surface area contributed by atoms with Gasteiger partial charge in [0.05, 0.1) is 0 Å². The van der Waals surface area contributed by atoms with Crippen molar-refractivity contribution in [3.8, 4) is 0 Å². The fourth-order valence-corrected chi connectivity index (χ4v) is 3.08. The van der Waals surface area contributed by atoms with Crippen LogP contribution in [0, 0.1) is 0 Å². The van der Waals surface area contributed by atoms with Gasteiger partial charge in [-0.2, -0.15) is 13.2 Å². The monoisotopic (exact) mass is 283 g/mol. The first kappa shape index (κ1) is 18.7. The first-order chi connectivity index (χ1) is 8.81. The maximum Gasteiger partial charge on any atom is 0.389 e. The Morgan fingerprint density at radius 1 is 1.05 bits per heavy atom. The fraction of sp³-hybridized carbons (Fsp3) is 1.00. The number of rotatable bonds is 9. The third-order valence-corrected chi connectivity index (χ3v) is 4.18. The second-order valence-electron chi connectivity index (χ2n) is 4.86. The number of alkyl halides is 3. The Hall–Kier alpha value is -0.330. The van der Waals surface area contributed by atoms with E-state index in [0.717, 1.165) is 25.9 Å². The molecule has 0 fully saturated rings. The normalized spacial score (nSPS) is 15.0. The number of nitrogens with one attached hydrogen (secondary N) is 1. The van der Waals surface area contributed by atoms with Crippen LogP contribution in [0.25, 0.3) is 0 Å². The van der Waals surface area contributed by atoms with Crippen LogP contribution >= 0.6 is 0 Å². The van der Waals surface area contributed by atoms with Gasteiger partial charge in [0.15, 0.2) is 0 Å². The number of hydrogen-bond donors (Lipinski definition) is 2. The van der Waals surface area contributed by atoms with Gasteiger partial charge in [0.1, 0.15) is 0 Å². The van der Waals surface area contributed by atoms with Crippen molar-refractivity contribution in [2.45, 2.75) is 71.1 Å². The second kappa shape index (κ2) is 8.07. The summed E-state index contributed by atoms with van der Waals surface area (Å²) >= 11 is 0. The molecule has 1 unspecified atom stereocenters. The van der Waals surface area contributed by atoms with Crippen molar-refractivity contribution in [2.24, 2.45) is 5.84 Å². The summed E-state index contributed by atoms with van der Waals surface area (Å²) in [6.07, 6.45) is -3.37. The Bertz CT molecular complexity index is 236. The summed E-state index contributed by atoms with van der Waals surface area (Å²) in [6.45, 7) is 9.70. The minimum absolute atomic E-state index is 0.0121. The van der Waals surface area contributed by atoms with Gasteiger partial charge in [-0.25, -0.2) is 0 Å². The van der Waals surface area contributed by atoms with E-state index in [1.54, 1.807) is 0 Å². The van der Waals surface area contributed by atoms with Gasteiger partial charge in [-0.15, -0.1) is 0 Å². The highest BCUT2D eigenvalue weighted by Crippen LogP contribution is 2.32. The van der Waals surface area contributed by atoms with Gasteiger partial charge in [-0.05, 0) is 32.4 Å². The lowest BCUT2D eigenvalue weighted by atomic mass is 9.80. The summed E-state index contributed by atoms with van der Waals surface area (Å²) in [5, 5.41) is 0. The molecule has 19 heavy (non-hydrogen) atoms. The van der Waals surface area contributed by atoms with Crippen molar-refractivity contribution in [1.82, 2.24) is 10.3 Å². The molecule has 0 aromatic heterocycles. The van der Waals surface area contributed by atoms with E-state index in [1.165, 1.54) is 0 Å². The Balaban J connectivity index is 5.08. The molecule has 6 heteroatoms. The minimum Gasteiger partial charge on any atom is -0.297 e. The Labute approximate surface area is 114 Å². The highest BCUT2D eigenvalue weighted by Gasteiger charge is 2.41. The molecule has 116 valence electrons. The summed E-state index contributed by atoms with van der Waals surface area (Å²) in [5.74, 6) is 5.54. The minimum atomic E-state index is -4.13. The molecule has 0 saturated heterocycles. The zero-order valence-corrected chi connectivity index (χ0v) is 12.5. The van der Waals surface area contributed by atoms with Crippen molar-refractivity contribution in [2.75, 3.05) is 13.1 Å². The third-order valence-electron chi connectivity index (χ3n) is 4.18. The molecule has 0 bridgehead atoms. The van der Waals surface area contributed by atoms with Gasteiger partial charge in [0, 0.05) is 18.0 Å². The van der Waals surface area contributed by atoms with Crippen LogP contribution in [0.1, 0.15) is 53.4 Å². The molecule has 3 N–H and O–H groups in total. The lowest BCUT2D eigenvalue weighted by Crippen LogP contribution is -2.62.